The second kappa shape index (κ2) is 5.46. The van der Waals surface area contributed by atoms with Gasteiger partial charge in [-0.05, 0) is 30.7 Å². The van der Waals surface area contributed by atoms with Crippen LogP contribution in [-0.4, -0.2) is 40.7 Å². The molecule has 3 aliphatic rings. The summed E-state index contributed by atoms with van der Waals surface area (Å²) in [6, 6.07) is 5.20. The zero-order valence-corrected chi connectivity index (χ0v) is 10.5. The minimum Gasteiger partial charge on any atom is -0.393 e. The summed E-state index contributed by atoms with van der Waals surface area (Å²) in [7, 11) is 0. The average molecular weight is 250 g/mol. The normalized spacial score (nSPS) is 17.9. The molecule has 0 aromatic heterocycles. The van der Waals surface area contributed by atoms with Crippen molar-refractivity contribution in [2.75, 3.05) is 19.6 Å². The van der Waals surface area contributed by atoms with Crippen molar-refractivity contribution in [2.24, 2.45) is 0 Å². The standard InChI is InChI=1S/C7H15NO.C6H3NO2/c1-2-8-5-3-7(9)4-6-8;8-7(9)6-3-4-1-2-5(4)6/h7,9H,2-6H2,1H3;1-3H. The number of nitro benzene ring substituents is 1. The molecular weight excluding hydrogens is 232 g/mol. The van der Waals surface area contributed by atoms with Crippen LogP contribution in [-0.2, 0) is 0 Å². The van der Waals surface area contributed by atoms with Crippen molar-refractivity contribution in [3.63, 3.8) is 0 Å². The summed E-state index contributed by atoms with van der Waals surface area (Å²) in [5.74, 6) is 0. The summed E-state index contributed by atoms with van der Waals surface area (Å²) >= 11 is 0. The minimum absolute atomic E-state index is 0.0206. The Labute approximate surface area is 105 Å². The highest BCUT2D eigenvalue weighted by Gasteiger charge is 2.15. The Morgan fingerprint density at radius 3 is 2.39 bits per heavy atom. The van der Waals surface area contributed by atoms with E-state index in [2.05, 4.69) is 11.8 Å². The van der Waals surface area contributed by atoms with Gasteiger partial charge in [0.15, 0.2) is 0 Å². The number of benzene rings is 1. The van der Waals surface area contributed by atoms with Gasteiger partial charge in [-0.3, -0.25) is 10.1 Å². The first-order valence-corrected chi connectivity index (χ1v) is 6.31. The molecule has 1 N–H and O–H groups in total. The predicted molar refractivity (Wildman–Crippen MR) is 68.1 cm³/mol. The molecule has 0 amide bonds. The van der Waals surface area contributed by atoms with Gasteiger partial charge >= 0.3 is 0 Å². The zero-order chi connectivity index (χ0) is 13.1. The molecule has 18 heavy (non-hydrogen) atoms. The highest BCUT2D eigenvalue weighted by molar-refractivity contribution is 5.44. The van der Waals surface area contributed by atoms with Gasteiger partial charge in [-0.1, -0.05) is 13.0 Å². The van der Waals surface area contributed by atoms with Crippen LogP contribution in [0.2, 0.25) is 0 Å². The third-order valence-corrected chi connectivity index (χ3v) is 3.51. The molecule has 0 atom stereocenters. The molecule has 0 aromatic rings. The Balaban J connectivity index is 0.000000134. The molecule has 0 unspecified atom stereocenters. The molecule has 0 aromatic carbocycles. The van der Waals surface area contributed by atoms with Crippen molar-refractivity contribution in [3.05, 3.63) is 38.8 Å². The first-order chi connectivity index (χ1) is 8.61. The summed E-state index contributed by atoms with van der Waals surface area (Å²) in [4.78, 5) is 12.0. The Kier molecular flexibility index (Phi) is 3.93. The summed E-state index contributed by atoms with van der Waals surface area (Å²) in [6.07, 6.45) is 1.91. The molecule has 1 aliphatic heterocycles. The van der Waals surface area contributed by atoms with Gasteiger partial charge in [0, 0.05) is 19.2 Å². The van der Waals surface area contributed by atoms with E-state index in [1.54, 1.807) is 12.1 Å². The smallest absolute Gasteiger partial charge is 0.277 e. The molecule has 0 saturated carbocycles. The van der Waals surface area contributed by atoms with Crippen LogP contribution in [0.3, 0.4) is 0 Å². The molecule has 0 radical (unpaired) electrons. The molecule has 1 fully saturated rings. The highest BCUT2D eigenvalue weighted by Crippen LogP contribution is 2.22. The number of non-ortho nitro benzene ring substituents is 1. The topological polar surface area (TPSA) is 66.6 Å². The number of hydrogen-bond donors (Lipinski definition) is 1. The number of likely N-dealkylation sites (tertiary alicyclic amines) is 1. The number of hydrogen-bond acceptors (Lipinski definition) is 4. The van der Waals surface area contributed by atoms with E-state index < -0.39 is 0 Å². The van der Waals surface area contributed by atoms with E-state index in [0.717, 1.165) is 42.9 Å². The molecular formula is C13H18N2O3. The number of piperidine rings is 1. The fourth-order valence-electron chi connectivity index (χ4n) is 2.16. The Morgan fingerprint density at radius 1 is 1.44 bits per heavy atom. The SMILES string of the molecule is CCN1CCC(O)CC1.O=[N+]([O-])c1cc2ccc1=2. The van der Waals surface area contributed by atoms with Gasteiger partial charge in [0.2, 0.25) is 0 Å². The molecule has 5 nitrogen and oxygen atoms in total. The lowest BCUT2D eigenvalue weighted by Crippen LogP contribution is -2.35. The first-order valence-electron chi connectivity index (χ1n) is 6.31. The van der Waals surface area contributed by atoms with Crippen molar-refractivity contribution >= 4 is 5.69 Å². The van der Waals surface area contributed by atoms with E-state index in [1.807, 2.05) is 6.07 Å². The second-order valence-corrected chi connectivity index (χ2v) is 4.65. The molecule has 0 bridgehead atoms. The fraction of sp³-hybridized carbons (Fsp3) is 0.538. The van der Waals surface area contributed by atoms with Crippen molar-refractivity contribution < 1.29 is 10.0 Å². The van der Waals surface area contributed by atoms with Crippen molar-refractivity contribution in [2.45, 2.75) is 25.9 Å². The maximum Gasteiger partial charge on any atom is 0.277 e. The van der Waals surface area contributed by atoms with Crippen LogP contribution in [0.4, 0.5) is 5.69 Å². The van der Waals surface area contributed by atoms with Gasteiger partial charge in [-0.25, -0.2) is 0 Å². The number of aliphatic hydroxyl groups excluding tert-OH is 1. The monoisotopic (exact) mass is 250 g/mol. The maximum atomic E-state index is 10.0. The largest absolute Gasteiger partial charge is 0.393 e. The third kappa shape index (κ3) is 2.68. The summed E-state index contributed by atoms with van der Waals surface area (Å²) < 4.78 is 0. The predicted octanol–water partition coefficient (Wildman–Crippen LogP) is 1.66. The van der Waals surface area contributed by atoms with Crippen LogP contribution in [0, 0.1) is 20.6 Å². The van der Waals surface area contributed by atoms with Crippen LogP contribution in [0.25, 0.3) is 0 Å². The lowest BCUT2D eigenvalue weighted by atomic mass is 10.1. The van der Waals surface area contributed by atoms with E-state index in [4.69, 9.17) is 5.11 Å². The van der Waals surface area contributed by atoms with E-state index in [9.17, 15) is 10.1 Å². The quantitative estimate of drug-likeness (QED) is 0.650. The van der Waals surface area contributed by atoms with Crippen LogP contribution in [0.5, 0.6) is 0 Å². The van der Waals surface area contributed by atoms with Crippen LogP contribution >= 0.6 is 0 Å². The third-order valence-electron chi connectivity index (χ3n) is 3.51. The highest BCUT2D eigenvalue weighted by atomic mass is 16.6. The average Bonchev–Trinajstić information content (AvgIpc) is 2.34. The lowest BCUT2D eigenvalue weighted by Gasteiger charge is -2.27. The van der Waals surface area contributed by atoms with Crippen LogP contribution in [0.15, 0.2) is 18.2 Å². The molecule has 2 aliphatic carbocycles. The van der Waals surface area contributed by atoms with Gasteiger partial charge in [-0.2, -0.15) is 0 Å². The van der Waals surface area contributed by atoms with Crippen molar-refractivity contribution in [3.8, 4) is 0 Å². The Hall–Kier alpha value is -1.46. The van der Waals surface area contributed by atoms with E-state index in [1.165, 1.54) is 0 Å². The Morgan fingerprint density at radius 2 is 2.11 bits per heavy atom. The number of rotatable bonds is 2. The van der Waals surface area contributed by atoms with Gasteiger partial charge in [0.25, 0.3) is 5.69 Å². The van der Waals surface area contributed by atoms with Crippen molar-refractivity contribution in [1.82, 2.24) is 4.90 Å². The van der Waals surface area contributed by atoms with Gasteiger partial charge in [-0.15, -0.1) is 0 Å². The second-order valence-electron chi connectivity index (χ2n) is 4.65. The molecule has 3 rings (SSSR count). The van der Waals surface area contributed by atoms with Crippen LogP contribution in [0.1, 0.15) is 19.8 Å². The Bertz CT molecular complexity index is 522. The molecule has 98 valence electrons. The van der Waals surface area contributed by atoms with E-state index in [0.29, 0.717) is 0 Å². The zero-order valence-electron chi connectivity index (χ0n) is 10.5. The summed E-state index contributed by atoms with van der Waals surface area (Å²) in [5.41, 5.74) is 0.257. The van der Waals surface area contributed by atoms with E-state index >= 15 is 0 Å². The minimum atomic E-state index is -0.359. The van der Waals surface area contributed by atoms with Crippen LogP contribution < -0.4 is 0 Å². The number of nitro groups is 1. The lowest BCUT2D eigenvalue weighted by molar-refractivity contribution is -0.386. The summed E-state index contributed by atoms with van der Waals surface area (Å²) in [6.45, 7) is 5.46. The fourth-order valence-corrected chi connectivity index (χ4v) is 2.16. The molecule has 1 heterocycles. The molecule has 0 spiro atoms. The van der Waals surface area contributed by atoms with Crippen molar-refractivity contribution in [1.29, 1.82) is 0 Å². The number of nitrogens with zero attached hydrogens (tertiary/aromatic N) is 2. The van der Waals surface area contributed by atoms with E-state index in [-0.39, 0.29) is 16.7 Å². The molecule has 1 saturated heterocycles. The summed E-state index contributed by atoms with van der Waals surface area (Å²) in [5, 5.41) is 21.0. The first kappa shape index (κ1) is 13.0. The van der Waals surface area contributed by atoms with Gasteiger partial charge in [0.05, 0.1) is 16.2 Å². The number of aliphatic hydroxyl groups is 1. The maximum absolute atomic E-state index is 10.0. The van der Waals surface area contributed by atoms with Gasteiger partial charge < -0.3 is 10.0 Å². The van der Waals surface area contributed by atoms with Gasteiger partial charge in [0.1, 0.15) is 0 Å². The molecule has 5 heteroatoms.